The highest BCUT2D eigenvalue weighted by Crippen LogP contribution is 2.35. The Kier molecular flexibility index (Phi) is 6.40. The molecular weight excluding hydrogens is 416 g/mol. The molecule has 0 bridgehead atoms. The number of hydrogen-bond acceptors (Lipinski definition) is 4. The van der Waals surface area contributed by atoms with Crippen LogP contribution in [0.5, 0.6) is 0 Å². The Labute approximate surface area is 191 Å². The topological polar surface area (TPSA) is 89.5 Å². The van der Waals surface area contributed by atoms with Crippen molar-refractivity contribution in [3.05, 3.63) is 107 Å². The third-order valence-corrected chi connectivity index (χ3v) is 5.18. The maximum Gasteiger partial charge on any atom is 0.269 e. The highest BCUT2D eigenvalue weighted by molar-refractivity contribution is 5.94. The summed E-state index contributed by atoms with van der Waals surface area (Å²) in [5.41, 5.74) is 7.81. The van der Waals surface area contributed by atoms with Gasteiger partial charge in [0.1, 0.15) is 0 Å². The highest BCUT2D eigenvalue weighted by Gasteiger charge is 2.19. The van der Waals surface area contributed by atoms with E-state index in [9.17, 15) is 14.9 Å². The summed E-state index contributed by atoms with van der Waals surface area (Å²) in [5, 5.41) is 15.3. The zero-order valence-corrected chi connectivity index (χ0v) is 18.0. The van der Waals surface area contributed by atoms with Gasteiger partial charge in [0, 0.05) is 29.8 Å². The van der Waals surface area contributed by atoms with Crippen molar-refractivity contribution < 1.29 is 9.72 Å². The first-order valence-corrected chi connectivity index (χ1v) is 10.5. The molecule has 0 fully saturated rings. The van der Waals surface area contributed by atoms with Crippen molar-refractivity contribution >= 4 is 17.8 Å². The molecule has 33 heavy (non-hydrogen) atoms. The van der Waals surface area contributed by atoms with E-state index >= 15 is 0 Å². The Morgan fingerprint density at radius 3 is 2.15 bits per heavy atom. The van der Waals surface area contributed by atoms with Crippen LogP contribution in [0.3, 0.4) is 0 Å². The third-order valence-electron chi connectivity index (χ3n) is 5.18. The van der Waals surface area contributed by atoms with Crippen molar-refractivity contribution in [1.29, 1.82) is 0 Å². The summed E-state index contributed by atoms with van der Waals surface area (Å²) in [6.45, 7) is 1.76. The molecule has 7 heteroatoms. The quantitative estimate of drug-likeness (QED) is 0.232. The van der Waals surface area contributed by atoms with E-state index in [1.807, 2.05) is 66.7 Å². The molecule has 1 N–H and O–H groups in total. The van der Waals surface area contributed by atoms with Gasteiger partial charge in [-0.05, 0) is 29.3 Å². The first-order chi connectivity index (χ1) is 16.1. The molecule has 0 aliphatic carbocycles. The molecule has 4 aromatic rings. The molecule has 0 unspecified atom stereocenters. The molecule has 4 rings (SSSR count). The number of benzene rings is 3. The van der Waals surface area contributed by atoms with Gasteiger partial charge >= 0.3 is 0 Å². The van der Waals surface area contributed by atoms with Gasteiger partial charge < -0.3 is 4.57 Å². The fourth-order valence-electron chi connectivity index (χ4n) is 3.59. The zero-order valence-electron chi connectivity index (χ0n) is 18.0. The number of nitro groups is 1. The van der Waals surface area contributed by atoms with Crippen LogP contribution in [0.15, 0.2) is 96.1 Å². The molecule has 7 nitrogen and oxygen atoms in total. The molecule has 0 aliphatic rings. The van der Waals surface area contributed by atoms with Crippen LogP contribution in [0.2, 0.25) is 0 Å². The van der Waals surface area contributed by atoms with E-state index in [1.165, 1.54) is 12.1 Å². The lowest BCUT2D eigenvalue weighted by Crippen LogP contribution is -2.15. The standard InChI is InChI=1S/C26H22N4O3/c1-2-25(31)28-27-18-21-17-24(19-9-5-3-6-10-19)29(26(21)20-11-7-4-8-12-20)22-13-15-23(16-14-22)30(32)33/h3-18H,2H2,1H3,(H,28,31)/b27-18+. The van der Waals surface area contributed by atoms with Gasteiger partial charge in [-0.15, -0.1) is 0 Å². The van der Waals surface area contributed by atoms with Crippen LogP contribution in [0, 0.1) is 10.1 Å². The van der Waals surface area contributed by atoms with Gasteiger partial charge in [-0.1, -0.05) is 67.6 Å². The number of nitro benzene ring substituents is 1. The number of non-ortho nitro benzene ring substituents is 1. The molecular formula is C26H22N4O3. The van der Waals surface area contributed by atoms with Gasteiger partial charge in [-0.25, -0.2) is 5.43 Å². The fourth-order valence-corrected chi connectivity index (χ4v) is 3.59. The van der Waals surface area contributed by atoms with Gasteiger partial charge in [0.15, 0.2) is 0 Å². The Morgan fingerprint density at radius 2 is 1.58 bits per heavy atom. The molecule has 0 saturated carbocycles. The number of nitrogens with zero attached hydrogens (tertiary/aromatic N) is 3. The first-order valence-electron chi connectivity index (χ1n) is 10.5. The number of hydrazone groups is 1. The van der Waals surface area contributed by atoms with E-state index in [1.54, 1.807) is 25.3 Å². The normalized spacial score (nSPS) is 10.9. The van der Waals surface area contributed by atoms with Gasteiger partial charge in [0.05, 0.1) is 22.5 Å². The number of carbonyl (C=O) groups excluding carboxylic acids is 1. The van der Waals surface area contributed by atoms with E-state index in [-0.39, 0.29) is 11.6 Å². The van der Waals surface area contributed by atoms with Crippen molar-refractivity contribution in [2.75, 3.05) is 0 Å². The molecule has 1 amide bonds. The van der Waals surface area contributed by atoms with Crippen LogP contribution in [0.4, 0.5) is 5.69 Å². The van der Waals surface area contributed by atoms with Gasteiger partial charge in [0.25, 0.3) is 5.69 Å². The Morgan fingerprint density at radius 1 is 0.970 bits per heavy atom. The number of nitrogens with one attached hydrogen (secondary N) is 1. The Bertz CT molecular complexity index is 1290. The van der Waals surface area contributed by atoms with Crippen LogP contribution in [0.1, 0.15) is 18.9 Å². The zero-order chi connectivity index (χ0) is 23.2. The summed E-state index contributed by atoms with van der Waals surface area (Å²) >= 11 is 0. The number of amides is 1. The maximum atomic E-state index is 11.7. The first kappa shape index (κ1) is 21.7. The minimum absolute atomic E-state index is 0.0255. The van der Waals surface area contributed by atoms with Crippen molar-refractivity contribution in [3.63, 3.8) is 0 Å². The summed E-state index contributed by atoms with van der Waals surface area (Å²) in [6.07, 6.45) is 1.96. The van der Waals surface area contributed by atoms with Crippen molar-refractivity contribution in [3.8, 4) is 28.2 Å². The number of carbonyl (C=O) groups is 1. The Balaban J connectivity index is 1.96. The summed E-state index contributed by atoms with van der Waals surface area (Å²) in [5.74, 6) is -0.175. The lowest BCUT2D eigenvalue weighted by Gasteiger charge is -2.15. The summed E-state index contributed by atoms with van der Waals surface area (Å²) in [4.78, 5) is 22.4. The summed E-state index contributed by atoms with van der Waals surface area (Å²) in [6, 6.07) is 28.2. The third kappa shape index (κ3) is 4.72. The molecule has 0 saturated heterocycles. The van der Waals surface area contributed by atoms with Crippen LogP contribution in [0.25, 0.3) is 28.2 Å². The average molecular weight is 438 g/mol. The molecule has 3 aromatic carbocycles. The predicted octanol–water partition coefficient (Wildman–Crippen LogP) is 5.58. The lowest BCUT2D eigenvalue weighted by molar-refractivity contribution is -0.384. The van der Waals surface area contributed by atoms with E-state index in [0.717, 1.165) is 33.8 Å². The number of rotatable bonds is 7. The minimum Gasteiger partial charge on any atom is -0.309 e. The van der Waals surface area contributed by atoms with Gasteiger partial charge in [-0.3, -0.25) is 14.9 Å². The van der Waals surface area contributed by atoms with Crippen LogP contribution >= 0.6 is 0 Å². The summed E-state index contributed by atoms with van der Waals surface area (Å²) < 4.78 is 2.05. The van der Waals surface area contributed by atoms with Crippen LogP contribution in [-0.2, 0) is 4.79 Å². The maximum absolute atomic E-state index is 11.7. The van der Waals surface area contributed by atoms with Crippen LogP contribution in [-0.4, -0.2) is 21.6 Å². The molecule has 164 valence electrons. The molecule has 1 aromatic heterocycles. The second-order valence-corrected chi connectivity index (χ2v) is 7.32. The van der Waals surface area contributed by atoms with Gasteiger partial charge in [-0.2, -0.15) is 5.10 Å². The number of aromatic nitrogens is 1. The van der Waals surface area contributed by atoms with E-state index in [4.69, 9.17) is 0 Å². The van der Waals surface area contributed by atoms with Crippen molar-refractivity contribution in [1.82, 2.24) is 9.99 Å². The largest absolute Gasteiger partial charge is 0.309 e. The predicted molar refractivity (Wildman–Crippen MR) is 129 cm³/mol. The second kappa shape index (κ2) is 9.74. The highest BCUT2D eigenvalue weighted by atomic mass is 16.6. The summed E-state index contributed by atoms with van der Waals surface area (Å²) in [7, 11) is 0. The minimum atomic E-state index is -0.413. The molecule has 0 aliphatic heterocycles. The average Bonchev–Trinajstić information content (AvgIpc) is 3.24. The SMILES string of the molecule is CCC(=O)N/N=C/c1cc(-c2ccccc2)n(-c2ccc([N+](=O)[O-])cc2)c1-c1ccccc1. The molecule has 1 heterocycles. The van der Waals surface area contributed by atoms with E-state index < -0.39 is 4.92 Å². The smallest absolute Gasteiger partial charge is 0.269 e. The number of hydrogen-bond donors (Lipinski definition) is 1. The van der Waals surface area contributed by atoms with Gasteiger partial charge in [0.2, 0.25) is 5.91 Å². The van der Waals surface area contributed by atoms with Crippen molar-refractivity contribution in [2.45, 2.75) is 13.3 Å². The lowest BCUT2D eigenvalue weighted by atomic mass is 10.1. The molecule has 0 spiro atoms. The van der Waals surface area contributed by atoms with E-state index in [0.29, 0.717) is 6.42 Å². The Hall–Kier alpha value is -4.52. The van der Waals surface area contributed by atoms with E-state index in [2.05, 4.69) is 15.1 Å². The molecule has 0 radical (unpaired) electrons. The monoisotopic (exact) mass is 438 g/mol. The fraction of sp³-hybridized carbons (Fsp3) is 0.0769. The second-order valence-electron chi connectivity index (χ2n) is 7.32. The molecule has 0 atom stereocenters. The van der Waals surface area contributed by atoms with Crippen LogP contribution < -0.4 is 5.43 Å². The van der Waals surface area contributed by atoms with Crippen molar-refractivity contribution in [2.24, 2.45) is 5.10 Å².